The van der Waals surface area contributed by atoms with Gasteiger partial charge in [0.1, 0.15) is 0 Å². The molecule has 2 N–H and O–H groups in total. The smallest absolute Gasteiger partial charge is 0.232 e. The number of nitrogens with zero attached hydrogens (tertiary/aromatic N) is 5. The molecule has 7 nitrogen and oxygen atoms in total. The number of ether oxygens (including phenoxy) is 1. The number of hydrogen-bond donors (Lipinski definition) is 1. The van der Waals surface area contributed by atoms with Crippen molar-refractivity contribution in [2.75, 3.05) is 45.2 Å². The van der Waals surface area contributed by atoms with Crippen LogP contribution in [0.1, 0.15) is 0 Å². The molecule has 1 saturated heterocycles. The number of piperazine rings is 1. The van der Waals surface area contributed by atoms with E-state index in [1.54, 1.807) is 20.4 Å². The first kappa shape index (κ1) is 13.9. The van der Waals surface area contributed by atoms with Gasteiger partial charge in [0.15, 0.2) is 5.96 Å². The lowest BCUT2D eigenvalue weighted by Gasteiger charge is -2.35. The van der Waals surface area contributed by atoms with Gasteiger partial charge in [-0.05, 0) is 15.9 Å². The Kier molecular flexibility index (Phi) is 4.41. The van der Waals surface area contributed by atoms with E-state index >= 15 is 0 Å². The van der Waals surface area contributed by atoms with Crippen molar-refractivity contribution in [2.45, 2.75) is 0 Å². The standard InChI is InChI=1S/C11H17BrN6O/c1-14-10(13)17-3-5-18(6-4-17)11-15-7-8(12)9(16-11)19-2/h7H,3-6H2,1-2H3,(H2,13,14). The summed E-state index contributed by atoms with van der Waals surface area (Å²) >= 11 is 3.34. The zero-order valence-electron chi connectivity index (χ0n) is 11.0. The van der Waals surface area contributed by atoms with Crippen molar-refractivity contribution in [3.8, 4) is 5.88 Å². The van der Waals surface area contributed by atoms with Crippen molar-refractivity contribution in [2.24, 2.45) is 10.7 Å². The van der Waals surface area contributed by atoms with Crippen molar-refractivity contribution in [3.63, 3.8) is 0 Å². The third kappa shape index (κ3) is 3.06. The molecule has 0 spiro atoms. The molecule has 0 atom stereocenters. The van der Waals surface area contributed by atoms with E-state index in [0.29, 0.717) is 17.8 Å². The summed E-state index contributed by atoms with van der Waals surface area (Å²) in [6, 6.07) is 0. The summed E-state index contributed by atoms with van der Waals surface area (Å²) in [5.41, 5.74) is 5.80. The van der Waals surface area contributed by atoms with Crippen LogP contribution < -0.4 is 15.4 Å². The molecule has 1 fully saturated rings. The fourth-order valence-corrected chi connectivity index (χ4v) is 2.27. The van der Waals surface area contributed by atoms with E-state index in [-0.39, 0.29) is 0 Å². The SMILES string of the molecule is CN=C(N)N1CCN(c2ncc(Br)c(OC)n2)CC1. The van der Waals surface area contributed by atoms with Crippen LogP contribution in [0.3, 0.4) is 0 Å². The molecule has 0 saturated carbocycles. The maximum absolute atomic E-state index is 5.80. The molecule has 1 aliphatic heterocycles. The molecule has 8 heteroatoms. The van der Waals surface area contributed by atoms with Crippen LogP contribution >= 0.6 is 15.9 Å². The van der Waals surface area contributed by atoms with Crippen molar-refractivity contribution >= 4 is 27.8 Å². The van der Waals surface area contributed by atoms with Crippen LogP contribution in [0.5, 0.6) is 5.88 Å². The van der Waals surface area contributed by atoms with Gasteiger partial charge in [-0.25, -0.2) is 4.98 Å². The van der Waals surface area contributed by atoms with Crippen LogP contribution in [-0.4, -0.2) is 61.2 Å². The first-order chi connectivity index (χ1) is 9.15. The summed E-state index contributed by atoms with van der Waals surface area (Å²) in [6.07, 6.45) is 1.70. The van der Waals surface area contributed by atoms with Crippen molar-refractivity contribution in [1.82, 2.24) is 14.9 Å². The molecule has 2 rings (SSSR count). The minimum atomic E-state index is 0.544. The second-order valence-electron chi connectivity index (χ2n) is 4.08. The Hall–Kier alpha value is -1.57. The zero-order chi connectivity index (χ0) is 13.8. The van der Waals surface area contributed by atoms with Gasteiger partial charge < -0.3 is 20.3 Å². The minimum absolute atomic E-state index is 0.544. The molecule has 0 unspecified atom stereocenters. The Bertz CT molecular complexity index is 472. The van der Waals surface area contributed by atoms with Gasteiger partial charge in [-0.2, -0.15) is 4.98 Å². The van der Waals surface area contributed by atoms with Gasteiger partial charge in [0.05, 0.1) is 17.8 Å². The van der Waals surface area contributed by atoms with E-state index in [0.717, 1.165) is 30.7 Å². The number of nitrogens with two attached hydrogens (primary N) is 1. The lowest BCUT2D eigenvalue weighted by atomic mass is 10.3. The maximum atomic E-state index is 5.80. The van der Waals surface area contributed by atoms with Crippen LogP contribution in [0.2, 0.25) is 0 Å². The number of guanidine groups is 1. The lowest BCUT2D eigenvalue weighted by molar-refractivity contribution is 0.373. The van der Waals surface area contributed by atoms with Crippen molar-refractivity contribution in [3.05, 3.63) is 10.7 Å². The Labute approximate surface area is 120 Å². The maximum Gasteiger partial charge on any atom is 0.232 e. The molecule has 1 aliphatic rings. The largest absolute Gasteiger partial charge is 0.480 e. The van der Waals surface area contributed by atoms with Gasteiger partial charge in [-0.3, -0.25) is 4.99 Å². The second-order valence-corrected chi connectivity index (χ2v) is 4.94. The van der Waals surface area contributed by atoms with Gasteiger partial charge in [0, 0.05) is 33.2 Å². The third-order valence-electron chi connectivity index (χ3n) is 3.01. The Morgan fingerprint density at radius 2 is 2.11 bits per heavy atom. The van der Waals surface area contributed by atoms with Gasteiger partial charge in [0.2, 0.25) is 11.8 Å². The summed E-state index contributed by atoms with van der Waals surface area (Å²) in [6.45, 7) is 3.23. The highest BCUT2D eigenvalue weighted by Gasteiger charge is 2.20. The monoisotopic (exact) mass is 328 g/mol. The molecule has 0 bridgehead atoms. The third-order valence-corrected chi connectivity index (χ3v) is 3.55. The summed E-state index contributed by atoms with van der Waals surface area (Å²) < 4.78 is 5.93. The molecule has 104 valence electrons. The van der Waals surface area contributed by atoms with Gasteiger partial charge >= 0.3 is 0 Å². The quantitative estimate of drug-likeness (QED) is 0.622. The highest BCUT2D eigenvalue weighted by atomic mass is 79.9. The van der Waals surface area contributed by atoms with E-state index in [1.807, 2.05) is 4.90 Å². The van der Waals surface area contributed by atoms with E-state index in [9.17, 15) is 0 Å². The highest BCUT2D eigenvalue weighted by molar-refractivity contribution is 9.10. The molecule has 0 amide bonds. The summed E-state index contributed by atoms with van der Waals surface area (Å²) in [7, 11) is 3.29. The van der Waals surface area contributed by atoms with Crippen LogP contribution in [0.15, 0.2) is 15.7 Å². The highest BCUT2D eigenvalue weighted by Crippen LogP contribution is 2.23. The number of rotatable bonds is 2. The molecule has 0 aliphatic carbocycles. The average Bonchev–Trinajstić information content (AvgIpc) is 2.47. The second kappa shape index (κ2) is 6.05. The molecule has 2 heterocycles. The van der Waals surface area contributed by atoms with Crippen LogP contribution in [0.4, 0.5) is 5.95 Å². The van der Waals surface area contributed by atoms with E-state index in [2.05, 4.69) is 35.8 Å². The number of aliphatic imine (C=N–C) groups is 1. The van der Waals surface area contributed by atoms with Gasteiger partial charge in [-0.15, -0.1) is 0 Å². The average molecular weight is 329 g/mol. The fourth-order valence-electron chi connectivity index (χ4n) is 1.92. The van der Waals surface area contributed by atoms with Gasteiger partial charge in [-0.1, -0.05) is 0 Å². The molecular formula is C11H17BrN6O. The molecule has 0 aromatic carbocycles. The predicted molar refractivity (Wildman–Crippen MR) is 77.6 cm³/mol. The first-order valence-electron chi connectivity index (χ1n) is 5.94. The zero-order valence-corrected chi connectivity index (χ0v) is 12.6. The number of aromatic nitrogens is 2. The topological polar surface area (TPSA) is 79.9 Å². The number of halogens is 1. The molecular weight excluding hydrogens is 312 g/mol. The Morgan fingerprint density at radius 3 is 2.68 bits per heavy atom. The fraction of sp³-hybridized carbons (Fsp3) is 0.545. The number of hydrogen-bond acceptors (Lipinski definition) is 5. The normalized spacial score (nSPS) is 16.7. The lowest BCUT2D eigenvalue weighted by Crippen LogP contribution is -2.51. The number of methoxy groups -OCH3 is 1. The van der Waals surface area contributed by atoms with Crippen LogP contribution in [0.25, 0.3) is 0 Å². The first-order valence-corrected chi connectivity index (χ1v) is 6.73. The summed E-state index contributed by atoms with van der Waals surface area (Å²) in [5.74, 6) is 1.79. The minimum Gasteiger partial charge on any atom is -0.480 e. The van der Waals surface area contributed by atoms with Gasteiger partial charge in [0.25, 0.3) is 0 Å². The molecule has 1 aromatic rings. The van der Waals surface area contributed by atoms with E-state index in [4.69, 9.17) is 10.5 Å². The van der Waals surface area contributed by atoms with Crippen molar-refractivity contribution < 1.29 is 4.74 Å². The summed E-state index contributed by atoms with van der Waals surface area (Å²) in [5, 5.41) is 0. The van der Waals surface area contributed by atoms with Crippen LogP contribution in [0, 0.1) is 0 Å². The van der Waals surface area contributed by atoms with Crippen molar-refractivity contribution in [1.29, 1.82) is 0 Å². The predicted octanol–water partition coefficient (Wildman–Crippen LogP) is 0.314. The molecule has 1 aromatic heterocycles. The molecule has 19 heavy (non-hydrogen) atoms. The van der Waals surface area contributed by atoms with Crippen LogP contribution in [-0.2, 0) is 0 Å². The van der Waals surface area contributed by atoms with E-state index in [1.165, 1.54) is 0 Å². The molecule has 0 radical (unpaired) electrons. The van der Waals surface area contributed by atoms with E-state index < -0.39 is 0 Å². The Balaban J connectivity index is 2.05. The Morgan fingerprint density at radius 1 is 1.42 bits per heavy atom. The number of anilines is 1. The summed E-state index contributed by atoms with van der Waals surface area (Å²) in [4.78, 5) is 16.8.